The SMILES string of the molecule is CCCCCCCCOc1ccc2c(c1)C(=O)c1cc(C(=O)Oc3ccc(CCCCCCCC)cc3)ccc1-2. The lowest BCUT2D eigenvalue weighted by Crippen LogP contribution is -2.09. The fourth-order valence-electron chi connectivity index (χ4n) is 5.35. The first kappa shape index (κ1) is 29.6. The summed E-state index contributed by atoms with van der Waals surface area (Å²) in [7, 11) is 0. The molecule has 0 N–H and O–H groups in total. The average Bonchev–Trinajstić information content (AvgIpc) is 3.25. The predicted molar refractivity (Wildman–Crippen MR) is 163 cm³/mol. The molecule has 4 nitrogen and oxygen atoms in total. The number of rotatable bonds is 17. The number of aryl methyl sites for hydroxylation is 1. The topological polar surface area (TPSA) is 52.6 Å². The lowest BCUT2D eigenvalue weighted by Gasteiger charge is -2.08. The molecular weight excluding hydrogens is 496 g/mol. The molecule has 4 heteroatoms. The quantitative estimate of drug-likeness (QED) is 0.0760. The summed E-state index contributed by atoms with van der Waals surface area (Å²) in [6, 6.07) is 18.7. The van der Waals surface area contributed by atoms with Crippen LogP contribution in [0.5, 0.6) is 11.5 Å². The Kier molecular flexibility index (Phi) is 11.4. The Morgan fingerprint density at radius 1 is 0.600 bits per heavy atom. The molecule has 0 aromatic heterocycles. The molecule has 0 saturated carbocycles. The molecule has 0 atom stereocenters. The first-order valence-corrected chi connectivity index (χ1v) is 15.4. The second kappa shape index (κ2) is 15.4. The summed E-state index contributed by atoms with van der Waals surface area (Å²) in [5, 5.41) is 0. The zero-order chi connectivity index (χ0) is 28.2. The van der Waals surface area contributed by atoms with Gasteiger partial charge in [-0.2, -0.15) is 0 Å². The number of ether oxygens (including phenoxy) is 2. The number of carbonyl (C=O) groups is 2. The van der Waals surface area contributed by atoms with Gasteiger partial charge >= 0.3 is 5.97 Å². The van der Waals surface area contributed by atoms with Crippen molar-refractivity contribution in [1.29, 1.82) is 0 Å². The highest BCUT2D eigenvalue weighted by molar-refractivity contribution is 6.22. The Balaban J connectivity index is 1.30. The molecule has 40 heavy (non-hydrogen) atoms. The van der Waals surface area contributed by atoms with Gasteiger partial charge in [0.25, 0.3) is 0 Å². The monoisotopic (exact) mass is 540 g/mol. The van der Waals surface area contributed by atoms with Crippen molar-refractivity contribution in [2.45, 2.75) is 97.3 Å². The van der Waals surface area contributed by atoms with Gasteiger partial charge in [-0.05, 0) is 78.4 Å². The van der Waals surface area contributed by atoms with E-state index in [2.05, 4.69) is 13.8 Å². The molecule has 3 aromatic carbocycles. The average molecular weight is 541 g/mol. The van der Waals surface area contributed by atoms with Gasteiger partial charge in [0.1, 0.15) is 11.5 Å². The van der Waals surface area contributed by atoms with E-state index < -0.39 is 5.97 Å². The van der Waals surface area contributed by atoms with Gasteiger partial charge in [0.2, 0.25) is 0 Å². The maximum atomic E-state index is 13.2. The maximum absolute atomic E-state index is 13.2. The molecule has 1 aliphatic rings. The van der Waals surface area contributed by atoms with Crippen molar-refractivity contribution in [3.8, 4) is 22.6 Å². The number of carbonyl (C=O) groups excluding carboxylic acids is 2. The Bertz CT molecular complexity index is 1260. The summed E-state index contributed by atoms with van der Waals surface area (Å²) >= 11 is 0. The van der Waals surface area contributed by atoms with Crippen molar-refractivity contribution in [2.24, 2.45) is 0 Å². The molecule has 0 aliphatic heterocycles. The van der Waals surface area contributed by atoms with Crippen LogP contribution in [0.25, 0.3) is 11.1 Å². The second-order valence-electron chi connectivity index (χ2n) is 11.0. The molecule has 1 aliphatic carbocycles. The Morgan fingerprint density at radius 2 is 1.18 bits per heavy atom. The van der Waals surface area contributed by atoms with E-state index in [0.29, 0.717) is 34.8 Å². The molecule has 0 spiro atoms. The van der Waals surface area contributed by atoms with Crippen molar-refractivity contribution in [2.75, 3.05) is 6.61 Å². The third-order valence-corrected chi connectivity index (χ3v) is 7.75. The van der Waals surface area contributed by atoms with Crippen molar-refractivity contribution in [3.05, 3.63) is 82.9 Å². The fourth-order valence-corrected chi connectivity index (χ4v) is 5.35. The van der Waals surface area contributed by atoms with Crippen molar-refractivity contribution >= 4 is 11.8 Å². The minimum Gasteiger partial charge on any atom is -0.494 e. The number of hydrogen-bond donors (Lipinski definition) is 0. The fraction of sp³-hybridized carbons (Fsp3) is 0.444. The van der Waals surface area contributed by atoms with Gasteiger partial charge in [0.05, 0.1) is 12.2 Å². The van der Waals surface area contributed by atoms with Gasteiger partial charge in [0.15, 0.2) is 5.78 Å². The maximum Gasteiger partial charge on any atom is 0.343 e. The molecule has 212 valence electrons. The van der Waals surface area contributed by atoms with E-state index in [0.717, 1.165) is 30.4 Å². The zero-order valence-corrected chi connectivity index (χ0v) is 24.3. The number of fused-ring (bicyclic) bond motifs is 3. The zero-order valence-electron chi connectivity index (χ0n) is 24.3. The first-order valence-electron chi connectivity index (χ1n) is 15.4. The summed E-state index contributed by atoms with van der Waals surface area (Å²) in [5.74, 6) is 0.689. The van der Waals surface area contributed by atoms with Gasteiger partial charge in [0, 0.05) is 11.1 Å². The van der Waals surface area contributed by atoms with Crippen molar-refractivity contribution in [1.82, 2.24) is 0 Å². The summed E-state index contributed by atoms with van der Waals surface area (Å²) in [6.07, 6.45) is 15.9. The Labute approximate surface area is 240 Å². The van der Waals surface area contributed by atoms with Crippen LogP contribution in [-0.2, 0) is 6.42 Å². The smallest absolute Gasteiger partial charge is 0.343 e. The Morgan fingerprint density at radius 3 is 1.88 bits per heavy atom. The number of hydrogen-bond acceptors (Lipinski definition) is 4. The number of ketones is 1. The van der Waals surface area contributed by atoms with Crippen LogP contribution in [-0.4, -0.2) is 18.4 Å². The van der Waals surface area contributed by atoms with E-state index in [4.69, 9.17) is 9.47 Å². The normalized spacial score (nSPS) is 11.8. The van der Waals surface area contributed by atoms with Crippen LogP contribution in [0.1, 0.15) is 123 Å². The van der Waals surface area contributed by atoms with Gasteiger partial charge in [-0.1, -0.05) is 96.3 Å². The van der Waals surface area contributed by atoms with Gasteiger partial charge in [-0.15, -0.1) is 0 Å². The van der Waals surface area contributed by atoms with E-state index in [1.165, 1.54) is 69.8 Å². The molecule has 0 fully saturated rings. The molecular formula is C36H44O4. The standard InChI is InChI=1S/C36H44O4/c1-3-5-7-9-11-13-15-27-16-19-29(20-17-27)40-36(38)28-18-22-31-32-23-21-30(26-34(32)35(37)33(31)25-28)39-24-14-12-10-8-6-4-2/h16-23,25-26H,3-15,24H2,1-2H3. The molecule has 0 unspecified atom stereocenters. The highest BCUT2D eigenvalue weighted by atomic mass is 16.5. The Hall–Kier alpha value is -3.40. The van der Waals surface area contributed by atoms with Gasteiger partial charge in [-0.3, -0.25) is 4.79 Å². The molecule has 4 rings (SSSR count). The molecule has 0 heterocycles. The van der Waals surface area contributed by atoms with Crippen LogP contribution in [0, 0.1) is 0 Å². The summed E-state index contributed by atoms with van der Waals surface area (Å²) < 4.78 is 11.6. The highest BCUT2D eigenvalue weighted by Crippen LogP contribution is 2.39. The van der Waals surface area contributed by atoms with Crippen LogP contribution in [0.3, 0.4) is 0 Å². The summed E-state index contributed by atoms with van der Waals surface area (Å²) in [5.41, 5.74) is 4.52. The number of unbranched alkanes of at least 4 members (excludes halogenated alkanes) is 10. The first-order chi connectivity index (χ1) is 19.6. The van der Waals surface area contributed by atoms with Crippen LogP contribution in [0.2, 0.25) is 0 Å². The van der Waals surface area contributed by atoms with Gasteiger partial charge in [-0.25, -0.2) is 4.79 Å². The van der Waals surface area contributed by atoms with E-state index in [1.807, 2.05) is 48.5 Å². The number of benzene rings is 3. The molecule has 0 saturated heterocycles. The molecule has 0 radical (unpaired) electrons. The minimum atomic E-state index is -0.460. The summed E-state index contributed by atoms with van der Waals surface area (Å²) in [6.45, 7) is 5.11. The third kappa shape index (κ3) is 8.06. The van der Waals surface area contributed by atoms with E-state index >= 15 is 0 Å². The van der Waals surface area contributed by atoms with Crippen LogP contribution in [0.15, 0.2) is 60.7 Å². The van der Waals surface area contributed by atoms with Crippen molar-refractivity contribution < 1.29 is 19.1 Å². The lowest BCUT2D eigenvalue weighted by molar-refractivity contribution is 0.0734. The van der Waals surface area contributed by atoms with Crippen LogP contribution >= 0.6 is 0 Å². The second-order valence-corrected chi connectivity index (χ2v) is 11.0. The van der Waals surface area contributed by atoms with E-state index in [-0.39, 0.29) is 5.78 Å². The van der Waals surface area contributed by atoms with Crippen molar-refractivity contribution in [3.63, 3.8) is 0 Å². The predicted octanol–water partition coefficient (Wildman–Crippen LogP) is 9.76. The third-order valence-electron chi connectivity index (χ3n) is 7.75. The highest BCUT2D eigenvalue weighted by Gasteiger charge is 2.28. The largest absolute Gasteiger partial charge is 0.494 e. The molecule has 3 aromatic rings. The van der Waals surface area contributed by atoms with Gasteiger partial charge < -0.3 is 9.47 Å². The molecule has 0 amide bonds. The van der Waals surface area contributed by atoms with Crippen LogP contribution in [0.4, 0.5) is 0 Å². The summed E-state index contributed by atoms with van der Waals surface area (Å²) in [4.78, 5) is 26.1. The lowest BCUT2D eigenvalue weighted by atomic mass is 10.0. The van der Waals surface area contributed by atoms with E-state index in [9.17, 15) is 9.59 Å². The minimum absolute atomic E-state index is 0.0799. The van der Waals surface area contributed by atoms with Crippen LogP contribution < -0.4 is 9.47 Å². The van der Waals surface area contributed by atoms with E-state index in [1.54, 1.807) is 12.1 Å². The molecule has 0 bridgehead atoms. The number of esters is 1.